The minimum Gasteiger partial charge on any atom is -0.282 e. The van der Waals surface area contributed by atoms with E-state index in [-0.39, 0.29) is 0 Å². The smallest absolute Gasteiger partial charge is 0.0880 e. The Hall–Kier alpha value is -1.05. The van der Waals surface area contributed by atoms with Crippen LogP contribution in [0.5, 0.6) is 0 Å². The fourth-order valence-corrected chi connectivity index (χ4v) is 1.84. The molecule has 2 rings (SSSR count). The summed E-state index contributed by atoms with van der Waals surface area (Å²) in [5.74, 6) is 1.41. The number of aromatic amines is 1. The zero-order valence-electron chi connectivity index (χ0n) is 8.46. The van der Waals surface area contributed by atoms with Gasteiger partial charge in [-0.3, -0.25) is 5.10 Å². The average molecular weight is 176 g/mol. The summed E-state index contributed by atoms with van der Waals surface area (Å²) < 4.78 is 0. The van der Waals surface area contributed by atoms with Crippen molar-refractivity contribution in [3.05, 3.63) is 23.0 Å². The van der Waals surface area contributed by atoms with Crippen molar-refractivity contribution in [3.8, 4) is 0 Å². The lowest BCUT2D eigenvalue weighted by Gasteiger charge is -2.20. The van der Waals surface area contributed by atoms with Crippen molar-refractivity contribution in [2.45, 2.75) is 27.2 Å². The number of aryl methyl sites for hydroxylation is 1. The minimum absolute atomic E-state index is 0.684. The third-order valence-electron chi connectivity index (χ3n) is 2.90. The van der Waals surface area contributed by atoms with Gasteiger partial charge >= 0.3 is 0 Å². The molecule has 1 aliphatic rings. The maximum Gasteiger partial charge on any atom is 0.0880 e. The van der Waals surface area contributed by atoms with Crippen LogP contribution in [-0.4, -0.2) is 10.2 Å². The topological polar surface area (TPSA) is 28.7 Å². The second kappa shape index (κ2) is 3.02. The van der Waals surface area contributed by atoms with Crippen LogP contribution in [0.15, 0.2) is 6.08 Å². The van der Waals surface area contributed by atoms with E-state index in [4.69, 9.17) is 0 Å². The maximum atomic E-state index is 4.24. The van der Waals surface area contributed by atoms with Gasteiger partial charge in [-0.25, -0.2) is 0 Å². The predicted octanol–water partition coefficient (Wildman–Crippen LogP) is 2.56. The number of hydrogen-bond acceptors (Lipinski definition) is 1. The third-order valence-corrected chi connectivity index (χ3v) is 2.90. The molecule has 0 radical (unpaired) electrons. The van der Waals surface area contributed by atoms with Gasteiger partial charge in [-0.15, -0.1) is 0 Å². The predicted molar refractivity (Wildman–Crippen MR) is 54.4 cm³/mol. The summed E-state index contributed by atoms with van der Waals surface area (Å²) in [6.07, 6.45) is 5.58. The summed E-state index contributed by atoms with van der Waals surface area (Å²) in [6.45, 7) is 6.65. The van der Waals surface area contributed by atoms with Gasteiger partial charge in [0.1, 0.15) is 0 Å². The van der Waals surface area contributed by atoms with Gasteiger partial charge in [0.2, 0.25) is 0 Å². The molecular formula is C11H16N2. The SMILES string of the molecule is Cc1[nH]nc2c1CC(C(C)C)C=C2. The van der Waals surface area contributed by atoms with Gasteiger partial charge in [0.15, 0.2) is 0 Å². The molecule has 0 saturated heterocycles. The molecule has 0 spiro atoms. The van der Waals surface area contributed by atoms with Crippen LogP contribution in [0.1, 0.15) is 30.8 Å². The molecule has 0 saturated carbocycles. The summed E-state index contributed by atoms with van der Waals surface area (Å²) in [4.78, 5) is 0. The van der Waals surface area contributed by atoms with Gasteiger partial charge in [-0.2, -0.15) is 5.10 Å². The second-order valence-electron chi connectivity index (χ2n) is 4.18. The van der Waals surface area contributed by atoms with E-state index >= 15 is 0 Å². The van der Waals surface area contributed by atoms with Crippen LogP contribution in [0, 0.1) is 18.8 Å². The van der Waals surface area contributed by atoms with Gasteiger partial charge in [0.25, 0.3) is 0 Å². The number of aromatic nitrogens is 2. The largest absolute Gasteiger partial charge is 0.282 e. The first kappa shape index (κ1) is 8.54. The summed E-state index contributed by atoms with van der Waals surface area (Å²) in [6, 6.07) is 0. The van der Waals surface area contributed by atoms with Gasteiger partial charge in [0.05, 0.1) is 5.69 Å². The van der Waals surface area contributed by atoms with E-state index in [1.54, 1.807) is 0 Å². The summed E-state index contributed by atoms with van der Waals surface area (Å²) in [5.41, 5.74) is 3.76. The van der Waals surface area contributed by atoms with E-state index in [9.17, 15) is 0 Å². The Balaban J connectivity index is 2.31. The Labute approximate surface area is 79.1 Å². The van der Waals surface area contributed by atoms with Gasteiger partial charge < -0.3 is 0 Å². The van der Waals surface area contributed by atoms with E-state index in [2.05, 4.69) is 43.1 Å². The number of rotatable bonds is 1. The van der Waals surface area contributed by atoms with Gasteiger partial charge in [-0.05, 0) is 31.3 Å². The van der Waals surface area contributed by atoms with Crippen LogP contribution in [-0.2, 0) is 6.42 Å². The summed E-state index contributed by atoms with van der Waals surface area (Å²) in [5, 5.41) is 7.28. The van der Waals surface area contributed by atoms with Crippen LogP contribution < -0.4 is 0 Å². The first-order chi connectivity index (χ1) is 6.18. The molecule has 1 unspecified atom stereocenters. The third kappa shape index (κ3) is 1.41. The molecular weight excluding hydrogens is 160 g/mol. The molecule has 13 heavy (non-hydrogen) atoms. The molecule has 0 fully saturated rings. The number of fused-ring (bicyclic) bond motifs is 1. The van der Waals surface area contributed by atoms with E-state index < -0.39 is 0 Å². The van der Waals surface area contributed by atoms with E-state index in [1.807, 2.05) is 0 Å². The van der Waals surface area contributed by atoms with E-state index in [1.165, 1.54) is 11.3 Å². The van der Waals surface area contributed by atoms with Crippen molar-refractivity contribution >= 4 is 6.08 Å². The minimum atomic E-state index is 0.684. The molecule has 0 aliphatic heterocycles. The number of allylic oxidation sites excluding steroid dienone is 1. The highest BCUT2D eigenvalue weighted by Crippen LogP contribution is 2.27. The Morgan fingerprint density at radius 1 is 1.54 bits per heavy atom. The standard InChI is InChI=1S/C11H16N2/c1-7(2)9-4-5-11-10(6-9)8(3)12-13-11/h4-5,7,9H,6H2,1-3H3,(H,12,13). The van der Waals surface area contributed by atoms with Crippen LogP contribution in [0.3, 0.4) is 0 Å². The molecule has 2 heteroatoms. The average Bonchev–Trinajstić information content (AvgIpc) is 2.47. The quantitative estimate of drug-likeness (QED) is 0.700. The molecule has 1 heterocycles. The number of H-pyrrole nitrogens is 1. The molecule has 70 valence electrons. The Bertz CT molecular complexity index is 334. The number of nitrogens with zero attached hydrogens (tertiary/aromatic N) is 1. The molecule has 1 aliphatic carbocycles. The first-order valence-electron chi connectivity index (χ1n) is 4.90. The zero-order chi connectivity index (χ0) is 9.42. The summed E-state index contributed by atoms with van der Waals surface area (Å²) in [7, 11) is 0. The lowest BCUT2D eigenvalue weighted by molar-refractivity contribution is 0.461. The molecule has 1 N–H and O–H groups in total. The fourth-order valence-electron chi connectivity index (χ4n) is 1.84. The molecule has 1 aromatic rings. The Morgan fingerprint density at radius 2 is 2.31 bits per heavy atom. The number of hydrogen-bond donors (Lipinski definition) is 1. The van der Waals surface area contributed by atoms with Crippen molar-refractivity contribution in [2.24, 2.45) is 11.8 Å². The lowest BCUT2D eigenvalue weighted by Crippen LogP contribution is -2.12. The van der Waals surface area contributed by atoms with E-state index in [0.717, 1.165) is 18.0 Å². The number of nitrogens with one attached hydrogen (secondary N) is 1. The van der Waals surface area contributed by atoms with Gasteiger partial charge in [-0.1, -0.05) is 19.9 Å². The maximum absolute atomic E-state index is 4.24. The fraction of sp³-hybridized carbons (Fsp3) is 0.545. The van der Waals surface area contributed by atoms with E-state index in [0.29, 0.717) is 5.92 Å². The van der Waals surface area contributed by atoms with Crippen LogP contribution in [0.2, 0.25) is 0 Å². The molecule has 0 bridgehead atoms. The van der Waals surface area contributed by atoms with Crippen LogP contribution >= 0.6 is 0 Å². The molecule has 1 atom stereocenters. The van der Waals surface area contributed by atoms with Crippen LogP contribution in [0.25, 0.3) is 6.08 Å². The highest BCUT2D eigenvalue weighted by molar-refractivity contribution is 5.53. The van der Waals surface area contributed by atoms with Crippen molar-refractivity contribution in [2.75, 3.05) is 0 Å². The highest BCUT2D eigenvalue weighted by atomic mass is 15.1. The monoisotopic (exact) mass is 176 g/mol. The summed E-state index contributed by atoms with van der Waals surface area (Å²) >= 11 is 0. The lowest BCUT2D eigenvalue weighted by atomic mass is 9.85. The molecule has 0 aromatic carbocycles. The molecule has 2 nitrogen and oxygen atoms in total. The Kier molecular flexibility index (Phi) is 1.98. The van der Waals surface area contributed by atoms with Crippen LogP contribution in [0.4, 0.5) is 0 Å². The Morgan fingerprint density at radius 3 is 3.00 bits per heavy atom. The van der Waals surface area contributed by atoms with Crippen molar-refractivity contribution < 1.29 is 0 Å². The highest BCUT2D eigenvalue weighted by Gasteiger charge is 2.19. The molecule has 0 amide bonds. The molecule has 1 aromatic heterocycles. The zero-order valence-corrected chi connectivity index (χ0v) is 8.46. The van der Waals surface area contributed by atoms with Crippen molar-refractivity contribution in [3.63, 3.8) is 0 Å². The normalized spacial score (nSPS) is 20.8. The van der Waals surface area contributed by atoms with Crippen molar-refractivity contribution in [1.82, 2.24) is 10.2 Å². The van der Waals surface area contributed by atoms with Crippen molar-refractivity contribution in [1.29, 1.82) is 0 Å². The first-order valence-corrected chi connectivity index (χ1v) is 4.90. The van der Waals surface area contributed by atoms with Gasteiger partial charge in [0, 0.05) is 11.3 Å². The second-order valence-corrected chi connectivity index (χ2v) is 4.18.